The summed E-state index contributed by atoms with van der Waals surface area (Å²) < 4.78 is 0. The Kier molecular flexibility index (Phi) is 9.00. The van der Waals surface area contributed by atoms with Crippen LogP contribution in [0.15, 0.2) is 36.9 Å². The van der Waals surface area contributed by atoms with E-state index >= 15 is 0 Å². The van der Waals surface area contributed by atoms with Gasteiger partial charge in [-0.15, -0.1) is 6.58 Å². The van der Waals surface area contributed by atoms with E-state index in [4.69, 9.17) is 5.73 Å². The number of hydrogen-bond donors (Lipinski definition) is 3. The highest BCUT2D eigenvalue weighted by Gasteiger charge is 2.18. The number of primary amides is 1. The first kappa shape index (κ1) is 20.4. The lowest BCUT2D eigenvalue weighted by molar-refractivity contribution is -0.120. The normalized spacial score (nSPS) is 11.4. The first-order valence-corrected chi connectivity index (χ1v) is 8.52. The van der Waals surface area contributed by atoms with Crippen LogP contribution < -0.4 is 16.4 Å². The Morgan fingerprint density at radius 2 is 1.76 bits per heavy atom. The number of rotatable bonds is 11. The standard InChI is InChI=1S/C19H27N3O3/c1-3-4-5-6-7-8-9-17(18(20)24)22-19(25)15-10-12-16(13-11-15)21-14(2)23/h3,10-13,17H,1,4-9H2,2H3,(H2,20,24)(H,21,23)(H,22,25)/t17-/m1/s1. The summed E-state index contributed by atoms with van der Waals surface area (Å²) in [6.45, 7) is 5.09. The molecule has 1 aromatic rings. The van der Waals surface area contributed by atoms with Crippen molar-refractivity contribution in [3.05, 3.63) is 42.5 Å². The van der Waals surface area contributed by atoms with Crippen LogP contribution in [0, 0.1) is 0 Å². The number of carbonyl (C=O) groups excluding carboxylic acids is 3. The van der Waals surface area contributed by atoms with Gasteiger partial charge in [-0.2, -0.15) is 0 Å². The molecule has 1 atom stereocenters. The third kappa shape index (κ3) is 8.15. The minimum Gasteiger partial charge on any atom is -0.368 e. The highest BCUT2D eigenvalue weighted by atomic mass is 16.2. The van der Waals surface area contributed by atoms with Crippen LogP contribution in [0.3, 0.4) is 0 Å². The molecular formula is C19H27N3O3. The second-order valence-corrected chi connectivity index (χ2v) is 5.97. The lowest BCUT2D eigenvalue weighted by Gasteiger charge is -2.15. The van der Waals surface area contributed by atoms with Crippen LogP contribution >= 0.6 is 0 Å². The van der Waals surface area contributed by atoms with Crippen LogP contribution in [0.4, 0.5) is 5.69 Å². The number of hydrogen-bond acceptors (Lipinski definition) is 3. The van der Waals surface area contributed by atoms with Gasteiger partial charge in [0.05, 0.1) is 0 Å². The minimum absolute atomic E-state index is 0.181. The van der Waals surface area contributed by atoms with Gasteiger partial charge < -0.3 is 16.4 Å². The highest BCUT2D eigenvalue weighted by molar-refractivity contribution is 5.98. The zero-order valence-corrected chi connectivity index (χ0v) is 14.7. The van der Waals surface area contributed by atoms with E-state index in [-0.39, 0.29) is 11.8 Å². The zero-order valence-electron chi connectivity index (χ0n) is 14.7. The molecular weight excluding hydrogens is 318 g/mol. The largest absolute Gasteiger partial charge is 0.368 e. The van der Waals surface area contributed by atoms with E-state index in [1.807, 2.05) is 6.08 Å². The summed E-state index contributed by atoms with van der Waals surface area (Å²) in [5.74, 6) is -1.07. The number of nitrogens with one attached hydrogen (secondary N) is 2. The molecule has 0 bridgehead atoms. The highest BCUT2D eigenvalue weighted by Crippen LogP contribution is 2.11. The van der Waals surface area contributed by atoms with Crippen molar-refractivity contribution >= 4 is 23.4 Å². The monoisotopic (exact) mass is 345 g/mol. The Labute approximate surface area is 148 Å². The van der Waals surface area contributed by atoms with Gasteiger partial charge in [-0.25, -0.2) is 0 Å². The molecule has 0 radical (unpaired) electrons. The number of benzene rings is 1. The number of unbranched alkanes of at least 4 members (excludes halogenated alkanes) is 4. The molecule has 0 spiro atoms. The average molecular weight is 345 g/mol. The van der Waals surface area contributed by atoms with Crippen LogP contribution in [-0.4, -0.2) is 23.8 Å². The molecule has 0 heterocycles. The summed E-state index contributed by atoms with van der Waals surface area (Å²) in [6.07, 6.45) is 7.37. The van der Waals surface area contributed by atoms with Gasteiger partial charge in [-0.1, -0.05) is 25.3 Å². The van der Waals surface area contributed by atoms with Crippen molar-refractivity contribution in [1.29, 1.82) is 0 Å². The number of nitrogens with two attached hydrogens (primary N) is 1. The zero-order chi connectivity index (χ0) is 18.7. The van der Waals surface area contributed by atoms with E-state index in [0.717, 1.165) is 32.1 Å². The molecule has 6 heteroatoms. The van der Waals surface area contributed by atoms with Gasteiger partial charge in [0.25, 0.3) is 5.91 Å². The molecule has 1 aromatic carbocycles. The molecule has 0 saturated heterocycles. The maximum atomic E-state index is 12.2. The van der Waals surface area contributed by atoms with Gasteiger partial charge in [0.2, 0.25) is 11.8 Å². The summed E-state index contributed by atoms with van der Waals surface area (Å²) in [5.41, 5.74) is 6.41. The molecule has 4 N–H and O–H groups in total. The molecule has 0 aliphatic heterocycles. The lowest BCUT2D eigenvalue weighted by Crippen LogP contribution is -2.44. The Morgan fingerprint density at radius 3 is 2.32 bits per heavy atom. The van der Waals surface area contributed by atoms with Crippen LogP contribution in [0.25, 0.3) is 0 Å². The summed E-state index contributed by atoms with van der Waals surface area (Å²) >= 11 is 0. The number of anilines is 1. The molecule has 3 amide bonds. The van der Waals surface area contributed by atoms with Crippen molar-refractivity contribution in [2.75, 3.05) is 5.32 Å². The van der Waals surface area contributed by atoms with Gasteiger partial charge in [0.1, 0.15) is 6.04 Å². The molecule has 136 valence electrons. The Hall–Kier alpha value is -2.63. The second-order valence-electron chi connectivity index (χ2n) is 5.97. The maximum absolute atomic E-state index is 12.2. The van der Waals surface area contributed by atoms with Crippen LogP contribution in [0.5, 0.6) is 0 Å². The van der Waals surface area contributed by atoms with Crippen molar-refractivity contribution in [1.82, 2.24) is 5.32 Å². The van der Waals surface area contributed by atoms with Crippen molar-refractivity contribution in [2.24, 2.45) is 5.73 Å². The predicted molar refractivity (Wildman–Crippen MR) is 99.1 cm³/mol. The smallest absolute Gasteiger partial charge is 0.251 e. The summed E-state index contributed by atoms with van der Waals surface area (Å²) in [7, 11) is 0. The minimum atomic E-state index is -0.679. The first-order chi connectivity index (χ1) is 11.9. The Balaban J connectivity index is 2.50. The number of carbonyl (C=O) groups is 3. The van der Waals surface area contributed by atoms with E-state index in [2.05, 4.69) is 17.2 Å². The van der Waals surface area contributed by atoms with Crippen molar-refractivity contribution in [3.8, 4) is 0 Å². The molecule has 0 unspecified atom stereocenters. The second kappa shape index (κ2) is 11.0. The van der Waals surface area contributed by atoms with E-state index < -0.39 is 11.9 Å². The Bertz CT molecular complexity index is 596. The van der Waals surface area contributed by atoms with E-state index in [1.165, 1.54) is 6.92 Å². The molecule has 0 aliphatic carbocycles. The quantitative estimate of drug-likeness (QED) is 0.424. The SMILES string of the molecule is C=CCCCCCC[C@@H](NC(=O)c1ccc(NC(C)=O)cc1)C(N)=O. The van der Waals surface area contributed by atoms with Gasteiger partial charge in [0, 0.05) is 18.2 Å². The molecule has 0 fully saturated rings. The van der Waals surface area contributed by atoms with Gasteiger partial charge >= 0.3 is 0 Å². The Morgan fingerprint density at radius 1 is 1.12 bits per heavy atom. The van der Waals surface area contributed by atoms with Crippen molar-refractivity contribution in [3.63, 3.8) is 0 Å². The summed E-state index contributed by atoms with van der Waals surface area (Å²) in [5, 5.41) is 5.31. The molecule has 0 saturated carbocycles. The third-order valence-corrected chi connectivity index (χ3v) is 3.77. The average Bonchev–Trinajstić information content (AvgIpc) is 2.56. The predicted octanol–water partition coefficient (Wildman–Crippen LogP) is 2.76. The fraction of sp³-hybridized carbons (Fsp3) is 0.421. The van der Waals surface area contributed by atoms with Gasteiger partial charge in [-0.3, -0.25) is 14.4 Å². The van der Waals surface area contributed by atoms with E-state index in [0.29, 0.717) is 17.7 Å². The fourth-order valence-corrected chi connectivity index (χ4v) is 2.43. The van der Waals surface area contributed by atoms with Crippen LogP contribution in [-0.2, 0) is 9.59 Å². The first-order valence-electron chi connectivity index (χ1n) is 8.52. The van der Waals surface area contributed by atoms with Gasteiger partial charge in [-0.05, 0) is 43.5 Å². The van der Waals surface area contributed by atoms with Gasteiger partial charge in [0.15, 0.2) is 0 Å². The van der Waals surface area contributed by atoms with E-state index in [9.17, 15) is 14.4 Å². The summed E-state index contributed by atoms with van der Waals surface area (Å²) in [4.78, 5) is 34.8. The van der Waals surface area contributed by atoms with Crippen LogP contribution in [0.1, 0.15) is 55.8 Å². The van der Waals surface area contributed by atoms with Crippen molar-refractivity contribution in [2.45, 2.75) is 51.5 Å². The topological polar surface area (TPSA) is 101 Å². The lowest BCUT2D eigenvalue weighted by atomic mass is 10.1. The maximum Gasteiger partial charge on any atom is 0.251 e. The van der Waals surface area contributed by atoms with Crippen molar-refractivity contribution < 1.29 is 14.4 Å². The van der Waals surface area contributed by atoms with Crippen LogP contribution in [0.2, 0.25) is 0 Å². The number of amides is 3. The number of allylic oxidation sites excluding steroid dienone is 1. The molecule has 1 rings (SSSR count). The summed E-state index contributed by atoms with van der Waals surface area (Å²) in [6, 6.07) is 5.77. The third-order valence-electron chi connectivity index (χ3n) is 3.77. The molecule has 6 nitrogen and oxygen atoms in total. The molecule has 0 aliphatic rings. The fourth-order valence-electron chi connectivity index (χ4n) is 2.43. The van der Waals surface area contributed by atoms with E-state index in [1.54, 1.807) is 24.3 Å². The molecule has 25 heavy (non-hydrogen) atoms. The molecule has 0 aromatic heterocycles.